The number of aliphatic hydroxyl groups is 1. The third-order valence-electron chi connectivity index (χ3n) is 1.78. The predicted molar refractivity (Wildman–Crippen MR) is 47.3 cm³/mol. The number of rotatable bonds is 4. The number of ether oxygens (including phenoxy) is 1. The van der Waals surface area contributed by atoms with Gasteiger partial charge < -0.3 is 19.3 Å². The van der Waals surface area contributed by atoms with Crippen molar-refractivity contribution in [3.8, 4) is 0 Å². The summed E-state index contributed by atoms with van der Waals surface area (Å²) in [5.74, 6) is 0. The minimum atomic E-state index is -0.566. The summed E-state index contributed by atoms with van der Waals surface area (Å²) in [5, 5.41) is 9.36. The van der Waals surface area contributed by atoms with Gasteiger partial charge in [0.05, 0.1) is 19.9 Å². The monoisotopic (exact) mass is 187 g/mol. The Morgan fingerprint density at radius 1 is 1.75 bits per heavy atom. The average molecular weight is 187 g/mol. The van der Waals surface area contributed by atoms with Gasteiger partial charge in [-0.15, -0.1) is 0 Å². The second-order valence-corrected chi connectivity index (χ2v) is 3.08. The molecule has 65 valence electrons. The van der Waals surface area contributed by atoms with E-state index in [-0.39, 0.29) is 18.7 Å². The lowest BCUT2D eigenvalue weighted by Gasteiger charge is -2.13. The van der Waals surface area contributed by atoms with Gasteiger partial charge >= 0.3 is 0 Å². The highest BCUT2D eigenvalue weighted by molar-refractivity contribution is 7.24. The first-order chi connectivity index (χ1) is 5.77. The van der Waals surface area contributed by atoms with Crippen molar-refractivity contribution in [3.63, 3.8) is 0 Å². The van der Waals surface area contributed by atoms with Gasteiger partial charge in [0.1, 0.15) is 6.10 Å². The van der Waals surface area contributed by atoms with Crippen LogP contribution in [0.25, 0.3) is 0 Å². The van der Waals surface area contributed by atoms with Crippen LogP contribution >= 0.6 is 9.03 Å². The second kappa shape index (κ2) is 5.20. The molecule has 1 aliphatic heterocycles. The molecule has 12 heavy (non-hydrogen) atoms. The van der Waals surface area contributed by atoms with Gasteiger partial charge in [-0.25, -0.2) is 0 Å². The van der Waals surface area contributed by atoms with Crippen molar-refractivity contribution >= 4 is 23.9 Å². The van der Waals surface area contributed by atoms with E-state index in [1.807, 2.05) is 0 Å². The van der Waals surface area contributed by atoms with Crippen molar-refractivity contribution in [2.45, 2.75) is 24.6 Å². The van der Waals surface area contributed by atoms with Crippen LogP contribution in [0.15, 0.2) is 0 Å². The highest BCUT2D eigenvalue weighted by atomic mass is 31.1. The van der Waals surface area contributed by atoms with Gasteiger partial charge in [0.2, 0.25) is 0 Å². The Morgan fingerprint density at radius 2 is 2.50 bits per heavy atom. The molecule has 0 amide bonds. The van der Waals surface area contributed by atoms with Gasteiger partial charge in [0.15, 0.2) is 9.03 Å². The first-order valence-electron chi connectivity index (χ1n) is 3.67. The highest BCUT2D eigenvalue weighted by Crippen LogP contribution is 2.21. The fraction of sp³-hybridized carbons (Fsp3) is 1.00. The molecule has 0 aliphatic carbocycles. The van der Waals surface area contributed by atoms with Crippen LogP contribution in [0, 0.1) is 0 Å². The van der Waals surface area contributed by atoms with Crippen molar-refractivity contribution in [3.05, 3.63) is 0 Å². The molecule has 0 spiro atoms. The SMILES string of the molecule is [B][B][C@H]1C[C@@H](O)C(COPO)O1. The van der Waals surface area contributed by atoms with Crippen molar-refractivity contribution in [1.29, 1.82) is 0 Å². The third-order valence-corrected chi connectivity index (χ3v) is 2.08. The first-order valence-corrected chi connectivity index (χ1v) is 4.53. The van der Waals surface area contributed by atoms with Crippen LogP contribution in [0.5, 0.6) is 0 Å². The fourth-order valence-corrected chi connectivity index (χ4v) is 1.39. The van der Waals surface area contributed by atoms with E-state index in [1.165, 1.54) is 7.17 Å². The zero-order valence-electron chi connectivity index (χ0n) is 6.51. The van der Waals surface area contributed by atoms with Crippen LogP contribution in [-0.2, 0) is 9.26 Å². The molecule has 2 N–H and O–H groups in total. The smallest absolute Gasteiger partial charge is 0.152 e. The molecule has 1 rings (SSSR count). The summed E-state index contributed by atoms with van der Waals surface area (Å²) in [6, 6.07) is -0.198. The zero-order chi connectivity index (χ0) is 8.97. The Kier molecular flexibility index (Phi) is 4.54. The van der Waals surface area contributed by atoms with Gasteiger partial charge in [0, 0.05) is 13.7 Å². The van der Waals surface area contributed by atoms with Gasteiger partial charge in [0.25, 0.3) is 0 Å². The Morgan fingerprint density at radius 3 is 3.00 bits per heavy atom. The standard InChI is InChI=1S/C5H10B2O4P/c6-7-5-1-3(8)4(11-5)2-10-12-9/h3-5,8-9,12H,1-2H2/t3-,4?,5-/m1/s1. The molecule has 0 aromatic carbocycles. The minimum Gasteiger partial charge on any atom is -0.390 e. The van der Waals surface area contributed by atoms with Gasteiger partial charge in [-0.1, -0.05) is 0 Å². The number of aliphatic hydroxyl groups excluding tert-OH is 1. The second-order valence-electron chi connectivity index (χ2n) is 2.61. The largest absolute Gasteiger partial charge is 0.390 e. The van der Waals surface area contributed by atoms with E-state index in [9.17, 15) is 5.11 Å². The first kappa shape index (κ1) is 10.5. The molecule has 3 radical (unpaired) electrons. The van der Waals surface area contributed by atoms with E-state index in [0.717, 1.165) is 0 Å². The molecule has 4 atom stereocenters. The molecule has 7 heteroatoms. The normalized spacial score (nSPS) is 36.3. The lowest BCUT2D eigenvalue weighted by Crippen LogP contribution is -2.25. The van der Waals surface area contributed by atoms with Gasteiger partial charge in [-0.2, -0.15) is 0 Å². The zero-order valence-corrected chi connectivity index (χ0v) is 7.51. The Bertz CT molecular complexity index is 139. The molecule has 1 aliphatic rings. The summed E-state index contributed by atoms with van der Waals surface area (Å²) < 4.78 is 9.99. The van der Waals surface area contributed by atoms with Crippen LogP contribution in [0.1, 0.15) is 6.42 Å². The van der Waals surface area contributed by atoms with Crippen molar-refractivity contribution < 1.29 is 19.3 Å². The van der Waals surface area contributed by atoms with Crippen molar-refractivity contribution in [2.24, 2.45) is 0 Å². The maximum Gasteiger partial charge on any atom is 0.152 e. The topological polar surface area (TPSA) is 58.9 Å². The highest BCUT2D eigenvalue weighted by Gasteiger charge is 2.32. The van der Waals surface area contributed by atoms with Crippen LogP contribution in [-0.4, -0.2) is 49.7 Å². The molecule has 1 saturated heterocycles. The molecule has 0 saturated carbocycles. The summed E-state index contributed by atoms with van der Waals surface area (Å²) in [4.78, 5) is 8.37. The summed E-state index contributed by atoms with van der Waals surface area (Å²) in [6.45, 7) is 0.209. The van der Waals surface area contributed by atoms with E-state index < -0.39 is 15.1 Å². The van der Waals surface area contributed by atoms with Crippen molar-refractivity contribution in [2.75, 3.05) is 6.61 Å². The Balaban J connectivity index is 2.25. The summed E-state index contributed by atoms with van der Waals surface area (Å²) >= 11 is 0. The summed E-state index contributed by atoms with van der Waals surface area (Å²) in [7, 11) is 6.08. The Hall–Kier alpha value is 0.400. The lowest BCUT2D eigenvalue weighted by atomic mass is 9.51. The van der Waals surface area contributed by atoms with Gasteiger partial charge in [-0.3, -0.25) is 0 Å². The lowest BCUT2D eigenvalue weighted by molar-refractivity contribution is 0.00398. The van der Waals surface area contributed by atoms with Gasteiger partial charge in [-0.05, 0) is 6.42 Å². The molecular formula is C5H10B2O4P. The average Bonchev–Trinajstić information content (AvgIpc) is 2.43. The molecule has 4 nitrogen and oxygen atoms in total. The quantitative estimate of drug-likeness (QED) is 0.427. The third kappa shape index (κ3) is 2.71. The molecule has 1 fully saturated rings. The maximum atomic E-state index is 9.36. The van der Waals surface area contributed by atoms with Crippen LogP contribution in [0.4, 0.5) is 0 Å². The summed E-state index contributed by atoms with van der Waals surface area (Å²) in [5.41, 5.74) is 0. The minimum absolute atomic E-state index is 0.198. The van der Waals surface area contributed by atoms with Crippen LogP contribution < -0.4 is 0 Å². The van der Waals surface area contributed by atoms with E-state index in [1.54, 1.807) is 0 Å². The molecule has 1 heterocycles. The molecule has 0 aromatic rings. The van der Waals surface area contributed by atoms with Crippen LogP contribution in [0.3, 0.4) is 0 Å². The van der Waals surface area contributed by atoms with Crippen molar-refractivity contribution in [1.82, 2.24) is 0 Å². The van der Waals surface area contributed by atoms with E-state index in [2.05, 4.69) is 0 Å². The maximum absolute atomic E-state index is 9.36. The number of hydrogen-bond acceptors (Lipinski definition) is 4. The van der Waals surface area contributed by atoms with E-state index in [0.29, 0.717) is 6.42 Å². The van der Waals surface area contributed by atoms with Crippen LogP contribution in [0.2, 0.25) is 0 Å². The van der Waals surface area contributed by atoms with E-state index >= 15 is 0 Å². The predicted octanol–water partition coefficient (Wildman–Crippen LogP) is -1.23. The molecular weight excluding hydrogens is 177 g/mol. The number of hydrogen-bond donors (Lipinski definition) is 2. The van der Waals surface area contributed by atoms with E-state index in [4.69, 9.17) is 21.9 Å². The molecule has 0 bridgehead atoms. The molecule has 0 aromatic heterocycles. The summed E-state index contributed by atoms with van der Waals surface area (Å²) in [6.07, 6.45) is -0.417. The Labute approximate surface area is 75.2 Å². The molecule has 2 unspecified atom stereocenters. The fourth-order valence-electron chi connectivity index (χ4n) is 1.15.